The Morgan fingerprint density at radius 2 is 1.90 bits per heavy atom. The number of hydrogen-bond acceptors (Lipinski definition) is 4. The molecule has 1 heterocycles. The molecule has 0 unspecified atom stereocenters. The Bertz CT molecular complexity index is 1280. The highest BCUT2D eigenvalue weighted by Crippen LogP contribution is 2.34. The van der Waals surface area contributed by atoms with Gasteiger partial charge in [0.25, 0.3) is 5.91 Å². The number of carbonyl (C=O) groups is 1. The number of methoxy groups -OCH3 is 1. The van der Waals surface area contributed by atoms with Crippen LogP contribution in [0.3, 0.4) is 0 Å². The zero-order valence-corrected chi connectivity index (χ0v) is 20.4. The minimum Gasteiger partial charge on any atom is -0.495 e. The van der Waals surface area contributed by atoms with Crippen molar-refractivity contribution >= 4 is 54.6 Å². The van der Waals surface area contributed by atoms with Crippen LogP contribution in [0.4, 0.5) is 5.69 Å². The van der Waals surface area contributed by atoms with Crippen LogP contribution in [-0.4, -0.2) is 18.0 Å². The Labute approximate surface area is 197 Å². The van der Waals surface area contributed by atoms with E-state index < -0.39 is 0 Å². The average Bonchev–Trinajstić information content (AvgIpc) is 3.17. The van der Waals surface area contributed by atoms with E-state index in [4.69, 9.17) is 9.15 Å². The third-order valence-corrected chi connectivity index (χ3v) is 5.95. The molecule has 5 nitrogen and oxygen atoms in total. The van der Waals surface area contributed by atoms with E-state index in [1.54, 1.807) is 6.07 Å². The molecule has 0 aliphatic heterocycles. The molecule has 1 aromatic heterocycles. The number of nitrogens with one attached hydrogen (secondary N) is 1. The molecule has 0 bridgehead atoms. The standard InChI is InChI=1S/C24H20Br2N2O3/c1-13(2)14-7-8-21-20(10-14)28-24(31-21)15-5-4-6-17(9-15)27-23(29)18-11-16(25)12-19(26)22(18)30-3/h4-13H,1-3H3,(H,27,29). The Morgan fingerprint density at radius 1 is 1.10 bits per heavy atom. The van der Waals surface area contributed by atoms with Crippen LogP contribution in [0.15, 0.2) is 68.0 Å². The summed E-state index contributed by atoms with van der Waals surface area (Å²) in [6.45, 7) is 4.29. The van der Waals surface area contributed by atoms with Gasteiger partial charge in [-0.05, 0) is 69.9 Å². The molecule has 3 aromatic carbocycles. The fourth-order valence-corrected chi connectivity index (χ4v) is 4.68. The van der Waals surface area contributed by atoms with E-state index in [0.717, 1.165) is 21.1 Å². The quantitative estimate of drug-likeness (QED) is 0.285. The molecule has 7 heteroatoms. The topological polar surface area (TPSA) is 64.4 Å². The number of benzene rings is 3. The van der Waals surface area contributed by atoms with Gasteiger partial charge < -0.3 is 14.5 Å². The van der Waals surface area contributed by atoms with Gasteiger partial charge in [0.05, 0.1) is 17.1 Å². The van der Waals surface area contributed by atoms with Crippen LogP contribution in [0, 0.1) is 0 Å². The summed E-state index contributed by atoms with van der Waals surface area (Å²) in [6.07, 6.45) is 0. The molecular formula is C24H20Br2N2O3. The lowest BCUT2D eigenvalue weighted by molar-refractivity contribution is 0.102. The molecule has 1 amide bonds. The largest absolute Gasteiger partial charge is 0.495 e. The average molecular weight is 544 g/mol. The van der Waals surface area contributed by atoms with Gasteiger partial charge in [0, 0.05) is 15.7 Å². The molecule has 0 atom stereocenters. The van der Waals surface area contributed by atoms with Crippen LogP contribution in [0.1, 0.15) is 35.7 Å². The molecule has 0 saturated carbocycles. The Kier molecular flexibility index (Phi) is 6.16. The van der Waals surface area contributed by atoms with Crippen molar-refractivity contribution in [3.8, 4) is 17.2 Å². The van der Waals surface area contributed by atoms with Gasteiger partial charge in [-0.2, -0.15) is 0 Å². The molecule has 0 aliphatic carbocycles. The number of carbonyl (C=O) groups excluding carboxylic acids is 1. The Balaban J connectivity index is 1.64. The van der Waals surface area contributed by atoms with Crippen molar-refractivity contribution in [3.05, 3.63) is 74.7 Å². The first-order chi connectivity index (χ1) is 14.9. The number of aromatic nitrogens is 1. The van der Waals surface area contributed by atoms with Gasteiger partial charge in [-0.1, -0.05) is 41.9 Å². The zero-order chi connectivity index (χ0) is 22.1. The molecular weight excluding hydrogens is 524 g/mol. The minimum absolute atomic E-state index is 0.282. The second-order valence-electron chi connectivity index (χ2n) is 7.40. The maximum Gasteiger partial charge on any atom is 0.259 e. The van der Waals surface area contributed by atoms with Crippen molar-refractivity contribution in [3.63, 3.8) is 0 Å². The lowest BCUT2D eigenvalue weighted by atomic mass is 10.0. The van der Waals surface area contributed by atoms with Crippen LogP contribution in [-0.2, 0) is 0 Å². The SMILES string of the molecule is COc1c(Br)cc(Br)cc1C(=O)Nc1cccc(-c2nc3cc(C(C)C)ccc3o2)c1. The second-order valence-corrected chi connectivity index (χ2v) is 9.17. The highest BCUT2D eigenvalue weighted by Gasteiger charge is 2.17. The number of ether oxygens (including phenoxy) is 1. The molecule has 0 aliphatic rings. The highest BCUT2D eigenvalue weighted by atomic mass is 79.9. The summed E-state index contributed by atoms with van der Waals surface area (Å²) in [6, 6.07) is 17.0. The van der Waals surface area contributed by atoms with Crippen molar-refractivity contribution in [2.75, 3.05) is 12.4 Å². The van der Waals surface area contributed by atoms with Crippen molar-refractivity contribution in [2.24, 2.45) is 0 Å². The second kappa shape index (κ2) is 8.85. The van der Waals surface area contributed by atoms with E-state index in [9.17, 15) is 4.79 Å². The number of halogens is 2. The Hall–Kier alpha value is -2.64. The van der Waals surface area contributed by atoms with Crippen LogP contribution >= 0.6 is 31.9 Å². The maximum atomic E-state index is 12.9. The summed E-state index contributed by atoms with van der Waals surface area (Å²) in [5.41, 5.74) is 4.59. The third-order valence-electron chi connectivity index (χ3n) is 4.90. The van der Waals surface area contributed by atoms with Crippen LogP contribution in [0.2, 0.25) is 0 Å². The molecule has 0 saturated heterocycles. The first-order valence-corrected chi connectivity index (χ1v) is 11.3. The first kappa shape index (κ1) is 21.6. The molecule has 0 fully saturated rings. The number of rotatable bonds is 5. The van der Waals surface area contributed by atoms with Crippen molar-refractivity contribution in [1.82, 2.24) is 4.98 Å². The number of anilines is 1. The fraction of sp³-hybridized carbons (Fsp3) is 0.167. The molecule has 4 aromatic rings. The fourth-order valence-electron chi connectivity index (χ4n) is 3.29. The van der Waals surface area contributed by atoms with Gasteiger partial charge in [-0.3, -0.25) is 4.79 Å². The van der Waals surface area contributed by atoms with E-state index in [-0.39, 0.29) is 5.91 Å². The lowest BCUT2D eigenvalue weighted by Gasteiger charge is -2.12. The number of nitrogens with zero attached hydrogens (tertiary/aromatic N) is 1. The van der Waals surface area contributed by atoms with E-state index >= 15 is 0 Å². The first-order valence-electron chi connectivity index (χ1n) is 9.71. The predicted molar refractivity (Wildman–Crippen MR) is 130 cm³/mol. The number of hydrogen-bond donors (Lipinski definition) is 1. The molecule has 1 N–H and O–H groups in total. The van der Waals surface area contributed by atoms with Crippen LogP contribution in [0.5, 0.6) is 5.75 Å². The van der Waals surface area contributed by atoms with Crippen molar-refractivity contribution < 1.29 is 13.9 Å². The molecule has 0 radical (unpaired) electrons. The monoisotopic (exact) mass is 542 g/mol. The van der Waals surface area contributed by atoms with E-state index in [1.165, 1.54) is 12.7 Å². The molecule has 0 spiro atoms. The summed E-state index contributed by atoms with van der Waals surface area (Å²) in [5, 5.41) is 2.93. The smallest absolute Gasteiger partial charge is 0.259 e. The maximum absolute atomic E-state index is 12.9. The van der Waals surface area contributed by atoms with Gasteiger partial charge in [0.15, 0.2) is 5.58 Å². The van der Waals surface area contributed by atoms with Gasteiger partial charge in [-0.25, -0.2) is 4.98 Å². The summed E-state index contributed by atoms with van der Waals surface area (Å²) in [5.74, 6) is 1.11. The van der Waals surface area contributed by atoms with Gasteiger partial charge >= 0.3 is 0 Å². The summed E-state index contributed by atoms with van der Waals surface area (Å²) >= 11 is 6.85. The normalized spacial score (nSPS) is 11.2. The highest BCUT2D eigenvalue weighted by molar-refractivity contribution is 9.11. The number of oxazole rings is 1. The van der Waals surface area contributed by atoms with E-state index in [0.29, 0.717) is 33.3 Å². The lowest BCUT2D eigenvalue weighted by Crippen LogP contribution is -2.13. The predicted octanol–water partition coefficient (Wildman–Crippen LogP) is 7.40. The number of fused-ring (bicyclic) bond motifs is 1. The van der Waals surface area contributed by atoms with Crippen LogP contribution < -0.4 is 10.1 Å². The Morgan fingerprint density at radius 3 is 2.65 bits per heavy atom. The van der Waals surface area contributed by atoms with E-state index in [1.807, 2.05) is 36.4 Å². The third kappa shape index (κ3) is 4.52. The van der Waals surface area contributed by atoms with Crippen molar-refractivity contribution in [1.29, 1.82) is 0 Å². The summed E-state index contributed by atoms with van der Waals surface area (Å²) in [7, 11) is 1.53. The molecule has 31 heavy (non-hydrogen) atoms. The van der Waals surface area contributed by atoms with Crippen LogP contribution in [0.25, 0.3) is 22.6 Å². The molecule has 4 rings (SSSR count). The van der Waals surface area contributed by atoms with Gasteiger partial charge in [0.1, 0.15) is 11.3 Å². The zero-order valence-electron chi connectivity index (χ0n) is 17.2. The van der Waals surface area contributed by atoms with Gasteiger partial charge in [0.2, 0.25) is 5.89 Å². The number of amides is 1. The summed E-state index contributed by atoms with van der Waals surface area (Å²) in [4.78, 5) is 17.6. The molecule has 158 valence electrons. The van der Waals surface area contributed by atoms with E-state index in [2.05, 4.69) is 68.1 Å². The minimum atomic E-state index is -0.282. The van der Waals surface area contributed by atoms with Crippen molar-refractivity contribution in [2.45, 2.75) is 19.8 Å². The summed E-state index contributed by atoms with van der Waals surface area (Å²) < 4.78 is 12.8. The van der Waals surface area contributed by atoms with Gasteiger partial charge in [-0.15, -0.1) is 0 Å².